The summed E-state index contributed by atoms with van der Waals surface area (Å²) in [4.78, 5) is 34.4. The smallest absolute Gasteiger partial charge is 0.319 e. The molecule has 1 rings (SSSR count). The third-order valence-electron chi connectivity index (χ3n) is 3.44. The van der Waals surface area contributed by atoms with E-state index in [4.69, 9.17) is 5.11 Å². The van der Waals surface area contributed by atoms with Crippen LogP contribution in [0.2, 0.25) is 0 Å². The quantitative estimate of drug-likeness (QED) is 0.576. The summed E-state index contributed by atoms with van der Waals surface area (Å²) >= 11 is 0. The summed E-state index contributed by atoms with van der Waals surface area (Å²) in [5, 5.41) is 17.0. The standard InChI is InChI=1S/C18H27N3O4/c1-12(2)11-15(22)19-13-5-7-14(8-6-13)20-17(25)21-18(3,4)10-9-16(23)24/h5-8,12H,9-11H2,1-4H3,(H,19,22)(H,23,24)(H2,20,21,25). The van der Waals surface area contributed by atoms with Gasteiger partial charge in [0.15, 0.2) is 0 Å². The molecule has 1 aromatic rings. The Morgan fingerprint density at radius 2 is 1.56 bits per heavy atom. The highest BCUT2D eigenvalue weighted by Crippen LogP contribution is 2.16. The molecule has 4 N–H and O–H groups in total. The van der Waals surface area contributed by atoms with E-state index < -0.39 is 17.5 Å². The van der Waals surface area contributed by atoms with Crippen LogP contribution in [0.3, 0.4) is 0 Å². The van der Waals surface area contributed by atoms with E-state index in [1.54, 1.807) is 38.1 Å². The lowest BCUT2D eigenvalue weighted by Crippen LogP contribution is -2.45. The third kappa shape index (κ3) is 8.74. The van der Waals surface area contributed by atoms with Gasteiger partial charge >= 0.3 is 12.0 Å². The van der Waals surface area contributed by atoms with E-state index in [2.05, 4.69) is 16.0 Å². The third-order valence-corrected chi connectivity index (χ3v) is 3.44. The molecule has 0 aromatic heterocycles. The van der Waals surface area contributed by atoms with Crippen LogP contribution in [0.15, 0.2) is 24.3 Å². The molecular formula is C18H27N3O4. The molecule has 138 valence electrons. The van der Waals surface area contributed by atoms with E-state index in [1.165, 1.54) is 0 Å². The lowest BCUT2D eigenvalue weighted by atomic mass is 9.99. The minimum atomic E-state index is -0.898. The van der Waals surface area contributed by atoms with Gasteiger partial charge in [-0.1, -0.05) is 13.8 Å². The average molecular weight is 349 g/mol. The fraction of sp³-hybridized carbons (Fsp3) is 0.500. The van der Waals surface area contributed by atoms with Crippen LogP contribution in [-0.2, 0) is 9.59 Å². The molecule has 0 heterocycles. The second-order valence-corrected chi connectivity index (χ2v) is 7.08. The number of aliphatic carboxylic acids is 1. The Balaban J connectivity index is 2.52. The molecule has 0 saturated carbocycles. The van der Waals surface area contributed by atoms with Crippen LogP contribution in [-0.4, -0.2) is 28.6 Å². The average Bonchev–Trinajstić information content (AvgIpc) is 2.46. The van der Waals surface area contributed by atoms with Crippen molar-refractivity contribution in [3.8, 4) is 0 Å². The maximum absolute atomic E-state index is 12.0. The van der Waals surface area contributed by atoms with E-state index >= 15 is 0 Å². The van der Waals surface area contributed by atoms with E-state index in [0.717, 1.165) is 0 Å². The lowest BCUT2D eigenvalue weighted by Gasteiger charge is -2.25. The van der Waals surface area contributed by atoms with Crippen molar-refractivity contribution in [2.45, 2.75) is 52.5 Å². The summed E-state index contributed by atoms with van der Waals surface area (Å²) in [6.45, 7) is 7.48. The van der Waals surface area contributed by atoms with Crippen molar-refractivity contribution >= 4 is 29.3 Å². The van der Waals surface area contributed by atoms with Crippen molar-refractivity contribution in [3.63, 3.8) is 0 Å². The van der Waals surface area contributed by atoms with Gasteiger partial charge < -0.3 is 21.1 Å². The van der Waals surface area contributed by atoms with E-state index in [0.29, 0.717) is 24.2 Å². The number of benzene rings is 1. The molecule has 0 fully saturated rings. The largest absolute Gasteiger partial charge is 0.481 e. The first kappa shape index (κ1) is 20.5. The Morgan fingerprint density at radius 1 is 1.04 bits per heavy atom. The van der Waals surface area contributed by atoms with Crippen molar-refractivity contribution in [2.24, 2.45) is 5.92 Å². The number of nitrogens with one attached hydrogen (secondary N) is 3. The normalized spacial score (nSPS) is 11.1. The van der Waals surface area contributed by atoms with Crippen molar-refractivity contribution < 1.29 is 19.5 Å². The Bertz CT molecular complexity index is 609. The Labute approximate surface area is 148 Å². The zero-order valence-corrected chi connectivity index (χ0v) is 15.2. The number of hydrogen-bond donors (Lipinski definition) is 4. The molecule has 0 radical (unpaired) electrons. The van der Waals surface area contributed by atoms with Gasteiger partial charge in [0.05, 0.1) is 0 Å². The van der Waals surface area contributed by atoms with Crippen LogP contribution < -0.4 is 16.0 Å². The first-order valence-corrected chi connectivity index (χ1v) is 8.28. The lowest BCUT2D eigenvalue weighted by molar-refractivity contribution is -0.137. The fourth-order valence-electron chi connectivity index (χ4n) is 2.17. The fourth-order valence-corrected chi connectivity index (χ4v) is 2.17. The van der Waals surface area contributed by atoms with Crippen LogP contribution in [0, 0.1) is 5.92 Å². The van der Waals surface area contributed by atoms with Crippen LogP contribution in [0.1, 0.15) is 47.0 Å². The number of hydrogen-bond acceptors (Lipinski definition) is 3. The van der Waals surface area contributed by atoms with Crippen LogP contribution >= 0.6 is 0 Å². The van der Waals surface area contributed by atoms with Crippen molar-refractivity contribution in [3.05, 3.63) is 24.3 Å². The highest BCUT2D eigenvalue weighted by molar-refractivity contribution is 5.92. The Morgan fingerprint density at radius 3 is 2.04 bits per heavy atom. The van der Waals surface area contributed by atoms with Gasteiger partial charge in [0.25, 0.3) is 0 Å². The highest BCUT2D eigenvalue weighted by Gasteiger charge is 2.21. The molecule has 0 saturated heterocycles. The molecule has 0 aliphatic carbocycles. The van der Waals surface area contributed by atoms with Gasteiger partial charge in [0.1, 0.15) is 0 Å². The van der Waals surface area contributed by atoms with Gasteiger partial charge in [0.2, 0.25) is 5.91 Å². The summed E-state index contributed by atoms with van der Waals surface area (Å²) in [7, 11) is 0. The number of carbonyl (C=O) groups is 3. The maximum Gasteiger partial charge on any atom is 0.319 e. The van der Waals surface area contributed by atoms with E-state index in [1.807, 2.05) is 13.8 Å². The monoisotopic (exact) mass is 349 g/mol. The summed E-state index contributed by atoms with van der Waals surface area (Å²) in [5.41, 5.74) is 0.611. The van der Waals surface area contributed by atoms with Crippen LogP contribution in [0.5, 0.6) is 0 Å². The molecule has 25 heavy (non-hydrogen) atoms. The van der Waals surface area contributed by atoms with Crippen molar-refractivity contribution in [1.82, 2.24) is 5.32 Å². The molecule has 0 atom stereocenters. The summed E-state index contributed by atoms with van der Waals surface area (Å²) in [6.07, 6.45) is 0.766. The van der Waals surface area contributed by atoms with Gasteiger partial charge in [-0.25, -0.2) is 4.79 Å². The number of urea groups is 1. The molecule has 0 aliphatic heterocycles. The number of carboxylic acids is 1. The topological polar surface area (TPSA) is 108 Å². The second-order valence-electron chi connectivity index (χ2n) is 7.08. The van der Waals surface area contributed by atoms with Gasteiger partial charge in [0, 0.05) is 29.8 Å². The second kappa shape index (κ2) is 9.05. The molecule has 1 aromatic carbocycles. The van der Waals surface area contributed by atoms with E-state index in [-0.39, 0.29) is 18.2 Å². The number of anilines is 2. The van der Waals surface area contributed by atoms with Crippen molar-refractivity contribution in [1.29, 1.82) is 0 Å². The molecule has 3 amide bonds. The zero-order valence-electron chi connectivity index (χ0n) is 15.2. The minimum Gasteiger partial charge on any atom is -0.481 e. The summed E-state index contributed by atoms with van der Waals surface area (Å²) in [6, 6.07) is 6.39. The number of amides is 3. The number of carbonyl (C=O) groups excluding carboxylic acids is 2. The predicted octanol–water partition coefficient (Wildman–Crippen LogP) is 3.44. The zero-order chi connectivity index (χ0) is 19.0. The molecule has 0 spiro atoms. The molecule has 7 nitrogen and oxygen atoms in total. The van der Waals surface area contributed by atoms with Crippen molar-refractivity contribution in [2.75, 3.05) is 10.6 Å². The molecule has 7 heteroatoms. The highest BCUT2D eigenvalue weighted by atomic mass is 16.4. The van der Waals surface area contributed by atoms with Crippen LogP contribution in [0.4, 0.5) is 16.2 Å². The molecular weight excluding hydrogens is 322 g/mol. The van der Waals surface area contributed by atoms with Gasteiger partial charge in [-0.15, -0.1) is 0 Å². The maximum atomic E-state index is 12.0. The summed E-state index contributed by atoms with van der Waals surface area (Å²) in [5.74, 6) is -0.659. The molecule has 0 bridgehead atoms. The minimum absolute atomic E-state index is 0.0158. The SMILES string of the molecule is CC(C)CC(=O)Nc1ccc(NC(=O)NC(C)(C)CCC(=O)O)cc1. The van der Waals surface area contributed by atoms with Crippen LogP contribution in [0.25, 0.3) is 0 Å². The number of carboxylic acid groups (broad SMARTS) is 1. The summed E-state index contributed by atoms with van der Waals surface area (Å²) < 4.78 is 0. The Kier molecular flexibility index (Phi) is 7.42. The Hall–Kier alpha value is -2.57. The van der Waals surface area contributed by atoms with Gasteiger partial charge in [-0.2, -0.15) is 0 Å². The predicted molar refractivity (Wildman–Crippen MR) is 97.6 cm³/mol. The van der Waals surface area contributed by atoms with Gasteiger partial charge in [-0.3, -0.25) is 9.59 Å². The first-order chi connectivity index (χ1) is 11.6. The number of rotatable bonds is 8. The van der Waals surface area contributed by atoms with Gasteiger partial charge in [-0.05, 0) is 50.5 Å². The van der Waals surface area contributed by atoms with E-state index in [9.17, 15) is 14.4 Å². The first-order valence-electron chi connectivity index (χ1n) is 8.28. The molecule has 0 aliphatic rings. The molecule has 0 unspecified atom stereocenters.